The fourth-order valence-electron chi connectivity index (χ4n) is 1.71. The minimum Gasteiger partial charge on any atom is -0.325 e. The fraction of sp³-hybridized carbons (Fsp3) is 0.417. The van der Waals surface area contributed by atoms with Gasteiger partial charge in [0.1, 0.15) is 12.2 Å². The Kier molecular flexibility index (Phi) is 5.05. The lowest BCUT2D eigenvalue weighted by Gasteiger charge is -2.06. The lowest BCUT2D eigenvalue weighted by Crippen LogP contribution is -2.16. The molecule has 19 heavy (non-hydrogen) atoms. The van der Waals surface area contributed by atoms with Gasteiger partial charge in [-0.3, -0.25) is 9.89 Å². The van der Waals surface area contributed by atoms with Crippen molar-refractivity contribution in [1.82, 2.24) is 20.5 Å². The number of H-pyrrole nitrogens is 1. The molecule has 0 saturated carbocycles. The molecule has 0 bridgehead atoms. The zero-order chi connectivity index (χ0) is 13.5. The number of carbonyl (C=O) groups is 1. The molecule has 7 heteroatoms. The van der Waals surface area contributed by atoms with Gasteiger partial charge in [0.25, 0.3) is 0 Å². The van der Waals surface area contributed by atoms with E-state index in [1.165, 1.54) is 13.3 Å². The number of rotatable bonds is 7. The molecule has 0 aliphatic heterocycles. The Morgan fingerprint density at radius 2 is 2.42 bits per heavy atom. The van der Waals surface area contributed by atoms with Crippen LogP contribution in [0.5, 0.6) is 0 Å². The van der Waals surface area contributed by atoms with Crippen LogP contribution in [-0.2, 0) is 17.8 Å². The summed E-state index contributed by atoms with van der Waals surface area (Å²) in [6, 6.07) is 1.93. The molecule has 0 fully saturated rings. The van der Waals surface area contributed by atoms with E-state index in [1.807, 2.05) is 11.4 Å². The van der Waals surface area contributed by atoms with Crippen LogP contribution in [-0.4, -0.2) is 27.6 Å². The van der Waals surface area contributed by atoms with Crippen LogP contribution in [0, 0.1) is 0 Å². The molecular formula is C12H17N5OS. The van der Waals surface area contributed by atoms with E-state index >= 15 is 0 Å². The standard InChI is InChI=1S/C12H17N5OS/c1-9(18)16-10-4-6-19-11(10)7-13-5-2-3-12-14-8-15-17-12/h4,6,8,13H,2-3,5,7H2,1H3,(H,16,18)(H,14,15,17). The first-order valence-electron chi connectivity index (χ1n) is 6.14. The average Bonchev–Trinajstić information content (AvgIpc) is 3.00. The minimum absolute atomic E-state index is 0.0371. The van der Waals surface area contributed by atoms with Gasteiger partial charge in [-0.1, -0.05) is 0 Å². The van der Waals surface area contributed by atoms with Gasteiger partial charge >= 0.3 is 0 Å². The molecule has 0 aliphatic rings. The fourth-order valence-corrected chi connectivity index (χ4v) is 2.51. The van der Waals surface area contributed by atoms with Gasteiger partial charge in [-0.2, -0.15) is 5.10 Å². The van der Waals surface area contributed by atoms with Gasteiger partial charge in [0, 0.05) is 24.8 Å². The number of aromatic amines is 1. The quantitative estimate of drug-likeness (QED) is 0.671. The summed E-state index contributed by atoms with van der Waals surface area (Å²) in [5.74, 6) is 0.877. The van der Waals surface area contributed by atoms with Crippen LogP contribution < -0.4 is 10.6 Å². The molecule has 2 heterocycles. The molecule has 0 atom stereocenters. The summed E-state index contributed by atoms with van der Waals surface area (Å²) in [5, 5.41) is 14.8. The summed E-state index contributed by atoms with van der Waals surface area (Å²) >= 11 is 1.64. The molecule has 2 aromatic heterocycles. The second kappa shape index (κ2) is 7.01. The number of hydrogen-bond donors (Lipinski definition) is 3. The Balaban J connectivity index is 1.68. The smallest absolute Gasteiger partial charge is 0.221 e. The molecule has 2 rings (SSSR count). The van der Waals surface area contributed by atoms with E-state index in [0.717, 1.165) is 42.3 Å². The maximum absolute atomic E-state index is 11.0. The third-order valence-electron chi connectivity index (χ3n) is 2.57. The maximum atomic E-state index is 11.0. The Morgan fingerprint density at radius 3 is 3.16 bits per heavy atom. The first kappa shape index (κ1) is 13.7. The molecule has 0 aromatic carbocycles. The average molecular weight is 279 g/mol. The number of nitrogens with zero attached hydrogens (tertiary/aromatic N) is 2. The predicted molar refractivity (Wildman–Crippen MR) is 75.0 cm³/mol. The molecule has 3 N–H and O–H groups in total. The second-order valence-electron chi connectivity index (χ2n) is 4.15. The van der Waals surface area contributed by atoms with Gasteiger partial charge in [0.15, 0.2) is 0 Å². The van der Waals surface area contributed by atoms with E-state index in [4.69, 9.17) is 0 Å². The third-order valence-corrected chi connectivity index (χ3v) is 3.49. The third kappa shape index (κ3) is 4.46. The van der Waals surface area contributed by atoms with Gasteiger partial charge in [-0.05, 0) is 24.4 Å². The van der Waals surface area contributed by atoms with E-state index < -0.39 is 0 Å². The van der Waals surface area contributed by atoms with Crippen molar-refractivity contribution in [2.75, 3.05) is 11.9 Å². The molecule has 0 unspecified atom stereocenters. The summed E-state index contributed by atoms with van der Waals surface area (Å²) < 4.78 is 0. The van der Waals surface area contributed by atoms with Gasteiger partial charge in [-0.15, -0.1) is 11.3 Å². The van der Waals surface area contributed by atoms with Gasteiger partial charge in [0.2, 0.25) is 5.91 Å². The van der Waals surface area contributed by atoms with Crippen molar-refractivity contribution in [1.29, 1.82) is 0 Å². The molecule has 0 aliphatic carbocycles. The molecule has 0 spiro atoms. The zero-order valence-electron chi connectivity index (χ0n) is 10.8. The minimum atomic E-state index is -0.0371. The number of anilines is 1. The Hall–Kier alpha value is -1.73. The Labute approximate surface area is 115 Å². The van der Waals surface area contributed by atoms with Gasteiger partial charge < -0.3 is 10.6 Å². The molecule has 6 nitrogen and oxygen atoms in total. The largest absolute Gasteiger partial charge is 0.325 e. The SMILES string of the molecule is CC(=O)Nc1ccsc1CNCCCc1ncn[nH]1. The van der Waals surface area contributed by atoms with Gasteiger partial charge in [0.05, 0.1) is 5.69 Å². The lowest BCUT2D eigenvalue weighted by molar-refractivity contribution is -0.114. The van der Waals surface area contributed by atoms with Crippen LogP contribution in [0.3, 0.4) is 0 Å². The normalized spacial score (nSPS) is 10.6. The maximum Gasteiger partial charge on any atom is 0.221 e. The number of hydrogen-bond acceptors (Lipinski definition) is 5. The topological polar surface area (TPSA) is 82.7 Å². The van der Waals surface area contributed by atoms with Crippen molar-refractivity contribution >= 4 is 22.9 Å². The highest BCUT2D eigenvalue weighted by Gasteiger charge is 2.05. The summed E-state index contributed by atoms with van der Waals surface area (Å²) in [4.78, 5) is 16.2. The molecule has 102 valence electrons. The van der Waals surface area contributed by atoms with Crippen LogP contribution in [0.4, 0.5) is 5.69 Å². The Bertz CT molecular complexity index is 508. The first-order chi connectivity index (χ1) is 9.25. The summed E-state index contributed by atoms with van der Waals surface area (Å²) in [6.45, 7) is 3.19. The van der Waals surface area contributed by atoms with E-state index in [0.29, 0.717) is 0 Å². The zero-order valence-corrected chi connectivity index (χ0v) is 11.6. The highest BCUT2D eigenvalue weighted by atomic mass is 32.1. The number of carbonyl (C=O) groups excluding carboxylic acids is 1. The first-order valence-corrected chi connectivity index (χ1v) is 7.02. The summed E-state index contributed by atoms with van der Waals surface area (Å²) in [6.07, 6.45) is 3.40. The van der Waals surface area contributed by atoms with Gasteiger partial charge in [-0.25, -0.2) is 4.98 Å². The number of amides is 1. The summed E-state index contributed by atoms with van der Waals surface area (Å²) in [7, 11) is 0. The molecule has 0 saturated heterocycles. The van der Waals surface area contributed by atoms with Crippen LogP contribution >= 0.6 is 11.3 Å². The second-order valence-corrected chi connectivity index (χ2v) is 5.15. The molecule has 2 aromatic rings. The van der Waals surface area contributed by atoms with E-state index in [9.17, 15) is 4.79 Å². The van der Waals surface area contributed by atoms with Crippen molar-refractivity contribution in [3.63, 3.8) is 0 Å². The van der Waals surface area contributed by atoms with Crippen LogP contribution in [0.25, 0.3) is 0 Å². The number of aryl methyl sites for hydroxylation is 1. The predicted octanol–water partition coefficient (Wildman–Crippen LogP) is 1.55. The number of aromatic nitrogens is 3. The van der Waals surface area contributed by atoms with Crippen LogP contribution in [0.1, 0.15) is 24.0 Å². The molecule has 0 radical (unpaired) electrons. The van der Waals surface area contributed by atoms with E-state index in [2.05, 4.69) is 25.8 Å². The van der Waals surface area contributed by atoms with Crippen LogP contribution in [0.15, 0.2) is 17.8 Å². The molecule has 1 amide bonds. The lowest BCUT2D eigenvalue weighted by atomic mass is 10.3. The monoisotopic (exact) mass is 279 g/mol. The van der Waals surface area contributed by atoms with Crippen molar-refractivity contribution < 1.29 is 4.79 Å². The Morgan fingerprint density at radius 1 is 1.53 bits per heavy atom. The number of thiophene rings is 1. The van der Waals surface area contributed by atoms with Crippen LogP contribution in [0.2, 0.25) is 0 Å². The van der Waals surface area contributed by atoms with Crippen molar-refractivity contribution in [3.05, 3.63) is 28.5 Å². The van der Waals surface area contributed by atoms with E-state index in [1.54, 1.807) is 11.3 Å². The van der Waals surface area contributed by atoms with E-state index in [-0.39, 0.29) is 5.91 Å². The van der Waals surface area contributed by atoms with Crippen molar-refractivity contribution in [2.24, 2.45) is 0 Å². The van der Waals surface area contributed by atoms with Crippen molar-refractivity contribution in [3.8, 4) is 0 Å². The molecular weight excluding hydrogens is 262 g/mol. The summed E-state index contributed by atoms with van der Waals surface area (Å²) in [5.41, 5.74) is 0.903. The van der Waals surface area contributed by atoms with Crippen molar-refractivity contribution in [2.45, 2.75) is 26.3 Å². The highest BCUT2D eigenvalue weighted by Crippen LogP contribution is 2.21. The highest BCUT2D eigenvalue weighted by molar-refractivity contribution is 7.10. The number of nitrogens with one attached hydrogen (secondary N) is 3.